The molecule has 0 aliphatic carbocycles. The standard InChI is InChI=1S/C10H18N2/c1-3-4-5-8-12(2)10-6-7-11-9-10/h1,10-11H,4-9H2,2H3. The van der Waals surface area contributed by atoms with Crippen LogP contribution < -0.4 is 5.32 Å². The highest BCUT2D eigenvalue weighted by Crippen LogP contribution is 2.06. The lowest BCUT2D eigenvalue weighted by atomic mass is 10.2. The molecule has 1 aliphatic rings. The molecule has 1 rings (SSSR count). The van der Waals surface area contributed by atoms with E-state index in [-0.39, 0.29) is 0 Å². The van der Waals surface area contributed by atoms with Gasteiger partial charge in [-0.25, -0.2) is 0 Å². The Bertz CT molecular complexity index is 154. The average molecular weight is 166 g/mol. The second-order valence-corrected chi connectivity index (χ2v) is 3.43. The minimum atomic E-state index is 0.739. The van der Waals surface area contributed by atoms with Crippen LogP contribution in [0.3, 0.4) is 0 Å². The zero-order valence-electron chi connectivity index (χ0n) is 7.84. The van der Waals surface area contributed by atoms with Crippen LogP contribution >= 0.6 is 0 Å². The van der Waals surface area contributed by atoms with Crippen molar-refractivity contribution in [3.8, 4) is 12.3 Å². The van der Waals surface area contributed by atoms with Crippen molar-refractivity contribution in [2.24, 2.45) is 0 Å². The lowest BCUT2D eigenvalue weighted by Gasteiger charge is -2.22. The second kappa shape index (κ2) is 5.18. The lowest BCUT2D eigenvalue weighted by Crippen LogP contribution is -2.34. The van der Waals surface area contributed by atoms with Gasteiger partial charge >= 0.3 is 0 Å². The van der Waals surface area contributed by atoms with Crippen molar-refractivity contribution >= 4 is 0 Å². The SMILES string of the molecule is C#CCCCN(C)C1CCNC1. The minimum Gasteiger partial charge on any atom is -0.315 e. The molecule has 0 amide bonds. The van der Waals surface area contributed by atoms with Crippen LogP contribution in [0.5, 0.6) is 0 Å². The molecule has 2 nitrogen and oxygen atoms in total. The summed E-state index contributed by atoms with van der Waals surface area (Å²) in [6.07, 6.45) is 8.51. The molecule has 1 unspecified atom stereocenters. The van der Waals surface area contributed by atoms with Crippen LogP contribution in [-0.2, 0) is 0 Å². The Morgan fingerprint density at radius 2 is 2.50 bits per heavy atom. The van der Waals surface area contributed by atoms with E-state index in [4.69, 9.17) is 6.42 Å². The van der Waals surface area contributed by atoms with E-state index in [1.165, 1.54) is 13.0 Å². The van der Waals surface area contributed by atoms with Gasteiger partial charge in [0.1, 0.15) is 0 Å². The monoisotopic (exact) mass is 166 g/mol. The number of nitrogens with one attached hydrogen (secondary N) is 1. The molecule has 12 heavy (non-hydrogen) atoms. The Labute approximate surface area is 75.3 Å². The average Bonchev–Trinajstić information content (AvgIpc) is 2.56. The first kappa shape index (κ1) is 9.57. The molecule has 0 aromatic carbocycles. The zero-order valence-corrected chi connectivity index (χ0v) is 7.84. The Hall–Kier alpha value is -0.520. The van der Waals surface area contributed by atoms with E-state index in [0.717, 1.165) is 32.0 Å². The molecule has 0 aromatic rings. The molecular formula is C10H18N2. The molecule has 68 valence electrons. The summed E-state index contributed by atoms with van der Waals surface area (Å²) in [4.78, 5) is 2.41. The summed E-state index contributed by atoms with van der Waals surface area (Å²) in [5.74, 6) is 2.67. The first-order valence-electron chi connectivity index (χ1n) is 4.69. The molecule has 1 heterocycles. The van der Waals surface area contributed by atoms with E-state index in [1.807, 2.05) is 0 Å². The summed E-state index contributed by atoms with van der Waals surface area (Å²) in [7, 11) is 2.19. The Morgan fingerprint density at radius 3 is 3.08 bits per heavy atom. The molecular weight excluding hydrogens is 148 g/mol. The maximum atomic E-state index is 5.19. The summed E-state index contributed by atoms with van der Waals surface area (Å²) < 4.78 is 0. The first-order valence-corrected chi connectivity index (χ1v) is 4.69. The van der Waals surface area contributed by atoms with E-state index >= 15 is 0 Å². The highest BCUT2D eigenvalue weighted by atomic mass is 15.2. The topological polar surface area (TPSA) is 15.3 Å². The van der Waals surface area contributed by atoms with Gasteiger partial charge < -0.3 is 10.2 Å². The van der Waals surface area contributed by atoms with Crippen molar-refractivity contribution in [3.63, 3.8) is 0 Å². The fraction of sp³-hybridized carbons (Fsp3) is 0.800. The number of likely N-dealkylation sites (N-methyl/N-ethyl adjacent to an activating group) is 1. The predicted octanol–water partition coefficient (Wildman–Crippen LogP) is 0.694. The molecule has 0 spiro atoms. The van der Waals surface area contributed by atoms with Crippen molar-refractivity contribution in [1.82, 2.24) is 10.2 Å². The van der Waals surface area contributed by atoms with Gasteiger partial charge in [-0.15, -0.1) is 12.3 Å². The minimum absolute atomic E-state index is 0.739. The fourth-order valence-electron chi connectivity index (χ4n) is 1.63. The van der Waals surface area contributed by atoms with Gasteiger partial charge in [0.25, 0.3) is 0 Å². The summed E-state index contributed by atoms with van der Waals surface area (Å²) in [5.41, 5.74) is 0. The zero-order chi connectivity index (χ0) is 8.81. The van der Waals surface area contributed by atoms with Gasteiger partial charge in [0, 0.05) is 19.0 Å². The van der Waals surface area contributed by atoms with Gasteiger partial charge in [-0.05, 0) is 33.0 Å². The predicted molar refractivity (Wildman–Crippen MR) is 52.0 cm³/mol. The van der Waals surface area contributed by atoms with Crippen LogP contribution in [0.2, 0.25) is 0 Å². The van der Waals surface area contributed by atoms with Gasteiger partial charge in [-0.1, -0.05) is 0 Å². The molecule has 1 fully saturated rings. The van der Waals surface area contributed by atoms with Crippen LogP contribution in [0.4, 0.5) is 0 Å². The van der Waals surface area contributed by atoms with Gasteiger partial charge in [0.05, 0.1) is 0 Å². The largest absolute Gasteiger partial charge is 0.315 e. The van der Waals surface area contributed by atoms with E-state index in [9.17, 15) is 0 Å². The lowest BCUT2D eigenvalue weighted by molar-refractivity contribution is 0.255. The molecule has 1 saturated heterocycles. The van der Waals surface area contributed by atoms with E-state index in [1.54, 1.807) is 0 Å². The fourth-order valence-corrected chi connectivity index (χ4v) is 1.63. The smallest absolute Gasteiger partial charge is 0.0229 e. The Morgan fingerprint density at radius 1 is 1.67 bits per heavy atom. The van der Waals surface area contributed by atoms with Crippen molar-refractivity contribution in [3.05, 3.63) is 0 Å². The number of terminal acetylenes is 1. The highest BCUT2D eigenvalue weighted by molar-refractivity contribution is 4.84. The molecule has 1 aliphatic heterocycles. The summed E-state index contributed by atoms with van der Waals surface area (Å²) in [6.45, 7) is 3.45. The highest BCUT2D eigenvalue weighted by Gasteiger charge is 2.17. The van der Waals surface area contributed by atoms with Crippen LogP contribution in [0.15, 0.2) is 0 Å². The number of unbranched alkanes of at least 4 members (excludes halogenated alkanes) is 1. The molecule has 0 aromatic heterocycles. The summed E-state index contributed by atoms with van der Waals surface area (Å²) in [5, 5.41) is 3.36. The van der Waals surface area contributed by atoms with E-state index in [0.29, 0.717) is 0 Å². The van der Waals surface area contributed by atoms with Crippen molar-refractivity contribution in [2.75, 3.05) is 26.7 Å². The molecule has 2 heteroatoms. The van der Waals surface area contributed by atoms with Crippen LogP contribution in [0.25, 0.3) is 0 Å². The molecule has 1 atom stereocenters. The normalized spacial score (nSPS) is 22.9. The van der Waals surface area contributed by atoms with Gasteiger partial charge in [-0.3, -0.25) is 0 Å². The third-order valence-corrected chi connectivity index (χ3v) is 2.49. The third-order valence-electron chi connectivity index (χ3n) is 2.49. The summed E-state index contributed by atoms with van der Waals surface area (Å²) >= 11 is 0. The molecule has 0 radical (unpaired) electrons. The first-order chi connectivity index (χ1) is 5.84. The van der Waals surface area contributed by atoms with Crippen molar-refractivity contribution < 1.29 is 0 Å². The Kier molecular flexibility index (Phi) is 4.13. The second-order valence-electron chi connectivity index (χ2n) is 3.43. The number of nitrogens with zero attached hydrogens (tertiary/aromatic N) is 1. The maximum absolute atomic E-state index is 5.19. The van der Waals surface area contributed by atoms with E-state index < -0.39 is 0 Å². The van der Waals surface area contributed by atoms with Gasteiger partial charge in [0.2, 0.25) is 0 Å². The van der Waals surface area contributed by atoms with Crippen LogP contribution in [0.1, 0.15) is 19.3 Å². The molecule has 0 bridgehead atoms. The van der Waals surface area contributed by atoms with Crippen molar-refractivity contribution in [2.45, 2.75) is 25.3 Å². The molecule has 1 N–H and O–H groups in total. The van der Waals surface area contributed by atoms with Crippen molar-refractivity contribution in [1.29, 1.82) is 0 Å². The van der Waals surface area contributed by atoms with E-state index in [2.05, 4.69) is 23.2 Å². The third kappa shape index (κ3) is 2.84. The quantitative estimate of drug-likeness (QED) is 0.488. The summed E-state index contributed by atoms with van der Waals surface area (Å²) in [6, 6.07) is 0.739. The Balaban J connectivity index is 2.10. The molecule has 0 saturated carbocycles. The van der Waals surface area contributed by atoms with Gasteiger partial charge in [-0.2, -0.15) is 0 Å². The van der Waals surface area contributed by atoms with Gasteiger partial charge in [0.15, 0.2) is 0 Å². The van der Waals surface area contributed by atoms with Crippen LogP contribution in [-0.4, -0.2) is 37.6 Å². The van der Waals surface area contributed by atoms with Crippen LogP contribution in [0, 0.1) is 12.3 Å². The number of hydrogen-bond acceptors (Lipinski definition) is 2. The number of rotatable bonds is 4. The maximum Gasteiger partial charge on any atom is 0.0229 e. The number of hydrogen-bond donors (Lipinski definition) is 1.